The Morgan fingerprint density at radius 2 is 1.56 bits per heavy atom. The molecule has 0 unspecified atom stereocenters. The van der Waals surface area contributed by atoms with Gasteiger partial charge >= 0.3 is 0 Å². The predicted octanol–water partition coefficient (Wildman–Crippen LogP) is 6.07. The Morgan fingerprint density at radius 1 is 0.837 bits per heavy atom. The van der Waals surface area contributed by atoms with Crippen LogP contribution >= 0.6 is 0 Å². The number of fused-ring (bicyclic) bond motifs is 2. The van der Waals surface area contributed by atoms with Gasteiger partial charge in [0.25, 0.3) is 0 Å². The summed E-state index contributed by atoms with van der Waals surface area (Å²) in [5, 5.41) is 12.5. The topological polar surface area (TPSA) is 108 Å². The van der Waals surface area contributed by atoms with E-state index in [1.165, 1.54) is 5.56 Å². The number of nitrogens with zero attached hydrogens (tertiary/aromatic N) is 8. The van der Waals surface area contributed by atoms with Crippen molar-refractivity contribution in [3.63, 3.8) is 0 Å². The van der Waals surface area contributed by atoms with Crippen molar-refractivity contribution < 1.29 is 0 Å². The van der Waals surface area contributed by atoms with Gasteiger partial charge in [0, 0.05) is 49.5 Å². The summed E-state index contributed by atoms with van der Waals surface area (Å²) in [7, 11) is 0. The van der Waals surface area contributed by atoms with E-state index in [0.29, 0.717) is 11.9 Å². The highest BCUT2D eigenvalue weighted by Gasteiger charge is 2.20. The van der Waals surface area contributed by atoms with Gasteiger partial charge < -0.3 is 9.88 Å². The second-order valence-electron chi connectivity index (χ2n) is 10.9. The number of aryl methyl sites for hydroxylation is 1. The van der Waals surface area contributed by atoms with Crippen LogP contribution in [0.5, 0.6) is 0 Å². The summed E-state index contributed by atoms with van der Waals surface area (Å²) in [6, 6.07) is 27.3. The molecule has 0 bridgehead atoms. The lowest BCUT2D eigenvalue weighted by atomic mass is 10.0. The fourth-order valence-electron chi connectivity index (χ4n) is 5.82. The van der Waals surface area contributed by atoms with Crippen molar-refractivity contribution in [2.24, 2.45) is 0 Å². The van der Waals surface area contributed by atoms with Crippen molar-refractivity contribution in [3.8, 4) is 28.6 Å². The van der Waals surface area contributed by atoms with Gasteiger partial charge in [0.1, 0.15) is 11.9 Å². The molecule has 0 saturated carbocycles. The van der Waals surface area contributed by atoms with Crippen LogP contribution in [0.2, 0.25) is 0 Å². The molecule has 1 aliphatic heterocycles. The Hall–Kier alpha value is -5.20. The number of hydrogen-bond donors (Lipinski definition) is 1. The van der Waals surface area contributed by atoms with Crippen LogP contribution in [0.25, 0.3) is 44.6 Å². The number of imidazole rings is 1. The first kappa shape index (κ1) is 26.7. The van der Waals surface area contributed by atoms with Gasteiger partial charge in [-0.2, -0.15) is 5.26 Å². The molecule has 3 aromatic heterocycles. The van der Waals surface area contributed by atoms with Gasteiger partial charge in [-0.3, -0.25) is 4.90 Å². The number of rotatable bonds is 7. The monoisotopic (exact) mass is 565 g/mol. The fraction of sp³-hybridized carbons (Fsp3) is 0.235. The molecule has 0 amide bonds. The van der Waals surface area contributed by atoms with Gasteiger partial charge in [-0.05, 0) is 43.5 Å². The van der Waals surface area contributed by atoms with Gasteiger partial charge in [0.2, 0.25) is 5.82 Å². The van der Waals surface area contributed by atoms with Crippen LogP contribution in [-0.2, 0) is 13.1 Å². The molecule has 7 rings (SSSR count). The molecule has 1 fully saturated rings. The Balaban J connectivity index is 1.11. The second-order valence-corrected chi connectivity index (χ2v) is 10.9. The van der Waals surface area contributed by atoms with E-state index in [0.717, 1.165) is 83.6 Å². The third-order valence-corrected chi connectivity index (χ3v) is 8.12. The summed E-state index contributed by atoms with van der Waals surface area (Å²) in [5.74, 6) is 0.908. The van der Waals surface area contributed by atoms with Crippen molar-refractivity contribution in [1.82, 2.24) is 34.4 Å². The van der Waals surface area contributed by atoms with E-state index in [2.05, 4.69) is 79.1 Å². The second kappa shape index (κ2) is 11.6. The van der Waals surface area contributed by atoms with Crippen molar-refractivity contribution >= 4 is 27.9 Å². The molecule has 9 heteroatoms. The summed E-state index contributed by atoms with van der Waals surface area (Å²) in [4.78, 5) is 25.6. The van der Waals surface area contributed by atoms with Gasteiger partial charge in [0.15, 0.2) is 0 Å². The molecule has 4 heterocycles. The minimum atomic E-state index is 0.192. The van der Waals surface area contributed by atoms with E-state index in [1.807, 2.05) is 42.7 Å². The summed E-state index contributed by atoms with van der Waals surface area (Å²) in [6.45, 7) is 5.85. The highest BCUT2D eigenvalue weighted by molar-refractivity contribution is 5.94. The Bertz CT molecular complexity index is 1930. The van der Waals surface area contributed by atoms with E-state index in [-0.39, 0.29) is 5.82 Å². The first-order valence-electron chi connectivity index (χ1n) is 14.7. The van der Waals surface area contributed by atoms with Crippen LogP contribution in [0.4, 0.5) is 5.82 Å². The molecular weight excluding hydrogens is 534 g/mol. The van der Waals surface area contributed by atoms with Gasteiger partial charge in [-0.1, -0.05) is 54.6 Å². The number of hydrogen-bond acceptors (Lipinski definition) is 8. The number of nitriles is 1. The SMILES string of the molecule is CCn1cnc2cc3nc(-c4ccccc4)c(-c4ccc(CN5CCC(Nc6ccnc(C#N)n6)CC5)cc4)nc3cc21. The first-order chi connectivity index (χ1) is 21.2. The number of likely N-dealkylation sites (tertiary alicyclic amines) is 1. The van der Waals surface area contributed by atoms with Crippen molar-refractivity contribution in [1.29, 1.82) is 5.26 Å². The third kappa shape index (κ3) is 5.53. The summed E-state index contributed by atoms with van der Waals surface area (Å²) in [6.07, 6.45) is 5.53. The average molecular weight is 566 g/mol. The largest absolute Gasteiger partial charge is 0.367 e. The summed E-state index contributed by atoms with van der Waals surface area (Å²) >= 11 is 0. The summed E-state index contributed by atoms with van der Waals surface area (Å²) < 4.78 is 2.13. The highest BCUT2D eigenvalue weighted by atomic mass is 15.1. The van der Waals surface area contributed by atoms with Crippen LogP contribution in [-0.4, -0.2) is 53.5 Å². The zero-order valence-electron chi connectivity index (χ0n) is 24.0. The Labute approximate surface area is 249 Å². The number of aromatic nitrogens is 6. The van der Waals surface area contributed by atoms with Crippen molar-refractivity contribution in [3.05, 3.63) is 96.7 Å². The quantitative estimate of drug-likeness (QED) is 0.248. The minimum Gasteiger partial charge on any atom is -0.367 e. The number of anilines is 1. The molecule has 1 saturated heterocycles. The maximum Gasteiger partial charge on any atom is 0.234 e. The average Bonchev–Trinajstić information content (AvgIpc) is 3.46. The maximum atomic E-state index is 9.06. The van der Waals surface area contributed by atoms with Crippen molar-refractivity contribution in [2.45, 2.75) is 38.9 Å². The predicted molar refractivity (Wildman–Crippen MR) is 168 cm³/mol. The molecule has 1 aliphatic rings. The minimum absolute atomic E-state index is 0.192. The molecule has 9 nitrogen and oxygen atoms in total. The lowest BCUT2D eigenvalue weighted by molar-refractivity contribution is 0.211. The van der Waals surface area contributed by atoms with Crippen LogP contribution in [0.15, 0.2) is 85.3 Å². The first-order valence-corrected chi connectivity index (χ1v) is 14.7. The number of piperidine rings is 1. The van der Waals surface area contributed by atoms with E-state index in [1.54, 1.807) is 6.20 Å². The highest BCUT2D eigenvalue weighted by Crippen LogP contribution is 2.32. The van der Waals surface area contributed by atoms with E-state index < -0.39 is 0 Å². The smallest absolute Gasteiger partial charge is 0.234 e. The summed E-state index contributed by atoms with van der Waals surface area (Å²) in [5.41, 5.74) is 8.82. The third-order valence-electron chi connectivity index (χ3n) is 8.12. The molecule has 0 radical (unpaired) electrons. The molecule has 0 spiro atoms. The zero-order chi connectivity index (χ0) is 29.2. The zero-order valence-corrected chi connectivity index (χ0v) is 24.0. The van der Waals surface area contributed by atoms with E-state index in [9.17, 15) is 0 Å². The molecule has 0 aliphatic carbocycles. The standard InChI is InChI=1S/C34H31N9/c1-2-43-22-37-29-18-27-28(19-30(29)43)40-34(33(39-27)24-6-4-3-5-7-24)25-10-8-23(9-11-25)21-42-16-13-26(14-17-42)38-31-12-15-36-32(20-35)41-31/h3-12,15,18-19,22,26H,2,13-14,16-17,21H2,1H3,(H,36,38,41). The van der Waals surface area contributed by atoms with E-state index in [4.69, 9.17) is 15.2 Å². The normalized spacial score (nSPS) is 14.2. The van der Waals surface area contributed by atoms with Gasteiger partial charge in [0.05, 0.1) is 39.8 Å². The maximum absolute atomic E-state index is 9.06. The van der Waals surface area contributed by atoms with Crippen LogP contribution in [0.1, 0.15) is 31.2 Å². The number of nitrogens with one attached hydrogen (secondary N) is 1. The Morgan fingerprint density at radius 3 is 2.28 bits per heavy atom. The van der Waals surface area contributed by atoms with Crippen molar-refractivity contribution in [2.75, 3.05) is 18.4 Å². The van der Waals surface area contributed by atoms with Crippen LogP contribution < -0.4 is 5.32 Å². The molecule has 3 aromatic carbocycles. The molecular formula is C34H31N9. The molecule has 0 atom stereocenters. The number of benzene rings is 3. The molecule has 212 valence electrons. The van der Waals surface area contributed by atoms with Gasteiger partial charge in [-0.15, -0.1) is 0 Å². The van der Waals surface area contributed by atoms with Crippen LogP contribution in [0, 0.1) is 11.3 Å². The molecule has 1 N–H and O–H groups in total. The fourth-order valence-corrected chi connectivity index (χ4v) is 5.82. The lowest BCUT2D eigenvalue weighted by Crippen LogP contribution is -2.38. The lowest BCUT2D eigenvalue weighted by Gasteiger charge is -2.32. The molecule has 43 heavy (non-hydrogen) atoms. The Kier molecular flexibility index (Phi) is 7.19. The van der Waals surface area contributed by atoms with E-state index >= 15 is 0 Å². The van der Waals surface area contributed by atoms with Crippen LogP contribution in [0.3, 0.4) is 0 Å². The molecule has 6 aromatic rings. The van der Waals surface area contributed by atoms with Gasteiger partial charge in [-0.25, -0.2) is 24.9 Å².